The summed E-state index contributed by atoms with van der Waals surface area (Å²) in [5.74, 6) is -0.170. The summed E-state index contributed by atoms with van der Waals surface area (Å²) >= 11 is 1.44. The number of rotatable bonds is 5. The highest BCUT2D eigenvalue weighted by molar-refractivity contribution is 7.13. The Kier molecular flexibility index (Phi) is 4.61. The van der Waals surface area contributed by atoms with E-state index >= 15 is 0 Å². The predicted octanol–water partition coefficient (Wildman–Crippen LogP) is 2.54. The van der Waals surface area contributed by atoms with Gasteiger partial charge in [-0.3, -0.25) is 9.48 Å². The first kappa shape index (κ1) is 16.2. The fourth-order valence-corrected chi connectivity index (χ4v) is 3.04. The molecular formula is C17H19N5OS. The van der Waals surface area contributed by atoms with Crippen molar-refractivity contribution in [1.82, 2.24) is 20.1 Å². The average molecular weight is 341 g/mol. The highest BCUT2D eigenvalue weighted by Crippen LogP contribution is 2.23. The zero-order valence-electron chi connectivity index (χ0n) is 13.9. The average Bonchev–Trinajstić information content (AvgIpc) is 3.21. The number of aromatic nitrogens is 3. The first-order chi connectivity index (χ1) is 11.5. The van der Waals surface area contributed by atoms with E-state index in [1.807, 2.05) is 50.4 Å². The molecule has 0 spiro atoms. The first-order valence-corrected chi connectivity index (χ1v) is 8.40. The summed E-state index contributed by atoms with van der Waals surface area (Å²) in [6, 6.07) is 8.07. The van der Waals surface area contributed by atoms with Gasteiger partial charge in [0.05, 0.1) is 6.20 Å². The fourth-order valence-electron chi connectivity index (χ4n) is 2.26. The topological polar surface area (TPSA) is 63.1 Å². The predicted molar refractivity (Wildman–Crippen MR) is 96.3 cm³/mol. The minimum atomic E-state index is -0.170. The lowest BCUT2D eigenvalue weighted by Gasteiger charge is -2.13. The maximum absolute atomic E-state index is 12.3. The summed E-state index contributed by atoms with van der Waals surface area (Å²) in [6.07, 6.45) is 3.63. The van der Waals surface area contributed by atoms with Crippen LogP contribution in [0.4, 0.5) is 5.69 Å². The van der Waals surface area contributed by atoms with Crippen molar-refractivity contribution in [2.75, 3.05) is 19.0 Å². The van der Waals surface area contributed by atoms with E-state index in [1.165, 1.54) is 11.3 Å². The van der Waals surface area contributed by atoms with Crippen molar-refractivity contribution < 1.29 is 4.79 Å². The Balaban J connectivity index is 1.65. The van der Waals surface area contributed by atoms with Crippen molar-refractivity contribution in [3.8, 4) is 10.6 Å². The van der Waals surface area contributed by atoms with Crippen LogP contribution in [0.25, 0.3) is 10.6 Å². The molecule has 3 rings (SSSR count). The lowest BCUT2D eigenvalue weighted by Crippen LogP contribution is -2.23. The van der Waals surface area contributed by atoms with Crippen LogP contribution in [-0.2, 0) is 13.6 Å². The molecule has 2 heterocycles. The molecule has 0 unspecified atom stereocenters. The van der Waals surface area contributed by atoms with Crippen LogP contribution in [0.2, 0.25) is 0 Å². The number of carbonyl (C=O) groups excluding carboxylic acids is 1. The minimum absolute atomic E-state index is 0.170. The van der Waals surface area contributed by atoms with Crippen LogP contribution < -0.4 is 10.2 Å². The molecule has 0 saturated heterocycles. The van der Waals surface area contributed by atoms with Crippen LogP contribution in [0.5, 0.6) is 0 Å². The monoisotopic (exact) mass is 341 g/mol. The maximum atomic E-state index is 12.3. The number of hydrogen-bond acceptors (Lipinski definition) is 5. The van der Waals surface area contributed by atoms with Crippen molar-refractivity contribution in [3.63, 3.8) is 0 Å². The molecule has 1 amide bonds. The summed E-state index contributed by atoms with van der Waals surface area (Å²) < 4.78 is 1.72. The Morgan fingerprint density at radius 3 is 2.92 bits per heavy atom. The van der Waals surface area contributed by atoms with Crippen molar-refractivity contribution >= 4 is 22.9 Å². The van der Waals surface area contributed by atoms with E-state index in [-0.39, 0.29) is 5.91 Å². The second-order valence-electron chi connectivity index (χ2n) is 5.69. The Morgan fingerprint density at radius 1 is 1.38 bits per heavy atom. The number of aryl methyl sites for hydroxylation is 1. The molecule has 0 fully saturated rings. The van der Waals surface area contributed by atoms with Gasteiger partial charge in [-0.15, -0.1) is 11.3 Å². The minimum Gasteiger partial charge on any atom is -0.378 e. The van der Waals surface area contributed by atoms with Gasteiger partial charge in [0.15, 0.2) is 0 Å². The molecule has 0 bridgehead atoms. The van der Waals surface area contributed by atoms with E-state index in [0.29, 0.717) is 12.2 Å². The van der Waals surface area contributed by atoms with Crippen LogP contribution in [0, 0.1) is 0 Å². The van der Waals surface area contributed by atoms with Gasteiger partial charge in [0.1, 0.15) is 10.7 Å². The van der Waals surface area contributed by atoms with Crippen LogP contribution in [-0.4, -0.2) is 34.8 Å². The van der Waals surface area contributed by atoms with Crippen molar-refractivity contribution in [3.05, 3.63) is 53.3 Å². The molecule has 2 aromatic heterocycles. The molecule has 0 radical (unpaired) electrons. The van der Waals surface area contributed by atoms with Gasteiger partial charge in [0.2, 0.25) is 0 Å². The lowest BCUT2D eigenvalue weighted by atomic mass is 10.2. The molecule has 24 heavy (non-hydrogen) atoms. The molecule has 0 aliphatic rings. The van der Waals surface area contributed by atoms with Gasteiger partial charge >= 0.3 is 0 Å². The molecule has 0 saturated carbocycles. The molecule has 3 aromatic rings. The molecule has 124 valence electrons. The Bertz CT molecular complexity index is 852. The molecule has 6 nitrogen and oxygen atoms in total. The first-order valence-electron chi connectivity index (χ1n) is 7.52. The maximum Gasteiger partial charge on any atom is 0.271 e. The van der Waals surface area contributed by atoms with Crippen molar-refractivity contribution in [1.29, 1.82) is 0 Å². The van der Waals surface area contributed by atoms with Crippen LogP contribution in [0.1, 0.15) is 16.1 Å². The zero-order chi connectivity index (χ0) is 17.1. The molecular weight excluding hydrogens is 322 g/mol. The fraction of sp³-hybridized carbons (Fsp3) is 0.235. The van der Waals surface area contributed by atoms with E-state index in [9.17, 15) is 4.79 Å². The lowest BCUT2D eigenvalue weighted by molar-refractivity contribution is 0.0946. The highest BCUT2D eigenvalue weighted by Gasteiger charge is 2.12. The van der Waals surface area contributed by atoms with Gasteiger partial charge in [-0.1, -0.05) is 12.1 Å². The van der Waals surface area contributed by atoms with Crippen LogP contribution in [0.3, 0.4) is 0 Å². The van der Waals surface area contributed by atoms with Gasteiger partial charge < -0.3 is 10.2 Å². The van der Waals surface area contributed by atoms with Gasteiger partial charge in [-0.25, -0.2) is 4.98 Å². The highest BCUT2D eigenvalue weighted by atomic mass is 32.1. The SMILES string of the molecule is CN(C)c1cccc(CNC(=O)c2csc(-c3cnn(C)c3)n2)c1. The number of thiazole rings is 1. The summed E-state index contributed by atoms with van der Waals surface area (Å²) in [5.41, 5.74) is 3.51. The molecule has 1 N–H and O–H groups in total. The summed E-state index contributed by atoms with van der Waals surface area (Å²) in [6.45, 7) is 0.472. The largest absolute Gasteiger partial charge is 0.378 e. The van der Waals surface area contributed by atoms with E-state index in [1.54, 1.807) is 16.3 Å². The van der Waals surface area contributed by atoms with Gasteiger partial charge in [0, 0.05) is 50.5 Å². The molecule has 0 aliphatic carbocycles. The third-order valence-corrected chi connectivity index (χ3v) is 4.46. The quantitative estimate of drug-likeness (QED) is 0.775. The number of nitrogens with zero attached hydrogens (tertiary/aromatic N) is 4. The third-order valence-electron chi connectivity index (χ3n) is 3.57. The van der Waals surface area contributed by atoms with E-state index in [2.05, 4.69) is 21.5 Å². The van der Waals surface area contributed by atoms with Gasteiger partial charge in [-0.2, -0.15) is 5.10 Å². The Hall–Kier alpha value is -2.67. The number of amides is 1. The summed E-state index contributed by atoms with van der Waals surface area (Å²) in [4.78, 5) is 18.7. The van der Waals surface area contributed by atoms with Gasteiger partial charge in [-0.05, 0) is 17.7 Å². The Labute approximate surface area is 144 Å². The standard InChI is InChI=1S/C17H19N5OS/c1-21(2)14-6-4-5-12(7-14)8-18-16(23)15-11-24-17(20-15)13-9-19-22(3)10-13/h4-7,9-11H,8H2,1-3H3,(H,18,23). The number of nitrogens with one attached hydrogen (secondary N) is 1. The zero-order valence-corrected chi connectivity index (χ0v) is 14.7. The van der Waals surface area contributed by atoms with Crippen molar-refractivity contribution in [2.24, 2.45) is 7.05 Å². The normalized spacial score (nSPS) is 10.6. The van der Waals surface area contributed by atoms with Crippen molar-refractivity contribution in [2.45, 2.75) is 6.54 Å². The number of anilines is 1. The van der Waals surface area contributed by atoms with Crippen LogP contribution in [0.15, 0.2) is 42.0 Å². The second-order valence-corrected chi connectivity index (χ2v) is 6.55. The number of carbonyl (C=O) groups is 1. The summed E-state index contributed by atoms with van der Waals surface area (Å²) in [7, 11) is 5.84. The molecule has 7 heteroatoms. The number of hydrogen-bond donors (Lipinski definition) is 1. The smallest absolute Gasteiger partial charge is 0.271 e. The van der Waals surface area contributed by atoms with E-state index in [4.69, 9.17) is 0 Å². The molecule has 0 atom stereocenters. The third kappa shape index (κ3) is 3.62. The van der Waals surface area contributed by atoms with E-state index in [0.717, 1.165) is 21.8 Å². The number of benzene rings is 1. The van der Waals surface area contributed by atoms with E-state index < -0.39 is 0 Å². The van der Waals surface area contributed by atoms with Crippen LogP contribution >= 0.6 is 11.3 Å². The summed E-state index contributed by atoms with van der Waals surface area (Å²) in [5, 5.41) is 9.61. The molecule has 1 aromatic carbocycles. The second kappa shape index (κ2) is 6.84. The van der Waals surface area contributed by atoms with Gasteiger partial charge in [0.25, 0.3) is 5.91 Å². The molecule has 0 aliphatic heterocycles. The Morgan fingerprint density at radius 2 is 2.21 bits per heavy atom.